The van der Waals surface area contributed by atoms with Gasteiger partial charge in [0.15, 0.2) is 0 Å². The van der Waals surface area contributed by atoms with Crippen molar-refractivity contribution in [2.45, 2.75) is 6.92 Å². The molecule has 3 heteroatoms. The largest absolute Gasteiger partial charge is 0.495 e. The minimum atomic E-state index is 0.509. The van der Waals surface area contributed by atoms with Gasteiger partial charge in [-0.3, -0.25) is 4.98 Å². The predicted octanol–water partition coefficient (Wildman–Crippen LogP) is 1.27. The smallest absolute Gasteiger partial charge is 0.140 e. The van der Waals surface area contributed by atoms with Crippen LogP contribution in [0.2, 0.25) is 0 Å². The molecule has 0 saturated carbocycles. The molecule has 56 valence electrons. The molecule has 0 atom stereocenters. The molecule has 0 saturated heterocycles. The molecule has 11 heavy (non-hydrogen) atoms. The van der Waals surface area contributed by atoms with Gasteiger partial charge in [0.05, 0.1) is 12.8 Å². The molecule has 0 aliphatic heterocycles. The van der Waals surface area contributed by atoms with Gasteiger partial charge in [0, 0.05) is 6.20 Å². The number of nitriles is 1. The standard InChI is InChI=1S/C8H8N2O/c1-6-7(5-9)8(11-2)3-4-10-6/h3-4H,1-2H3. The van der Waals surface area contributed by atoms with E-state index in [4.69, 9.17) is 10.00 Å². The maximum Gasteiger partial charge on any atom is 0.140 e. The number of rotatable bonds is 1. The second-order valence-electron chi connectivity index (χ2n) is 2.09. The molecule has 1 rings (SSSR count). The van der Waals surface area contributed by atoms with Crippen LogP contribution in [0.5, 0.6) is 5.75 Å². The fourth-order valence-electron chi connectivity index (χ4n) is 0.849. The molecule has 0 aliphatic rings. The lowest BCUT2D eigenvalue weighted by atomic mass is 10.2. The van der Waals surface area contributed by atoms with Gasteiger partial charge < -0.3 is 4.74 Å². The Hall–Kier alpha value is -1.56. The molecular weight excluding hydrogens is 140 g/mol. The van der Waals surface area contributed by atoms with E-state index in [0.29, 0.717) is 17.0 Å². The SMILES string of the molecule is COc1ccnc(C)c1C#N. The Morgan fingerprint density at radius 1 is 1.64 bits per heavy atom. The van der Waals surface area contributed by atoms with Gasteiger partial charge in [0.25, 0.3) is 0 Å². The average molecular weight is 148 g/mol. The highest BCUT2D eigenvalue weighted by molar-refractivity contribution is 5.44. The minimum Gasteiger partial charge on any atom is -0.495 e. The van der Waals surface area contributed by atoms with Crippen LogP contribution in [0.25, 0.3) is 0 Å². The highest BCUT2D eigenvalue weighted by Gasteiger charge is 2.04. The zero-order valence-electron chi connectivity index (χ0n) is 6.46. The third kappa shape index (κ3) is 1.30. The number of aryl methyl sites for hydroxylation is 1. The molecular formula is C8H8N2O. The molecule has 0 aliphatic carbocycles. The van der Waals surface area contributed by atoms with Crippen molar-refractivity contribution < 1.29 is 4.74 Å². The van der Waals surface area contributed by atoms with E-state index in [2.05, 4.69) is 4.98 Å². The van der Waals surface area contributed by atoms with Gasteiger partial charge in [-0.05, 0) is 13.0 Å². The summed E-state index contributed by atoms with van der Waals surface area (Å²) >= 11 is 0. The van der Waals surface area contributed by atoms with E-state index >= 15 is 0 Å². The molecule has 0 spiro atoms. The average Bonchev–Trinajstić information content (AvgIpc) is 2.04. The van der Waals surface area contributed by atoms with Crippen LogP contribution in [0.4, 0.5) is 0 Å². The van der Waals surface area contributed by atoms with Crippen LogP contribution in [-0.4, -0.2) is 12.1 Å². The van der Waals surface area contributed by atoms with Gasteiger partial charge in [0.1, 0.15) is 17.4 Å². The third-order valence-electron chi connectivity index (χ3n) is 1.43. The Labute approximate surface area is 65.3 Å². The fourth-order valence-corrected chi connectivity index (χ4v) is 0.849. The number of methoxy groups -OCH3 is 1. The summed E-state index contributed by atoms with van der Waals surface area (Å²) in [5, 5.41) is 8.66. The minimum absolute atomic E-state index is 0.509. The Morgan fingerprint density at radius 3 is 2.82 bits per heavy atom. The summed E-state index contributed by atoms with van der Waals surface area (Å²) in [5.41, 5.74) is 1.21. The van der Waals surface area contributed by atoms with Crippen LogP contribution in [0, 0.1) is 18.3 Å². The fraction of sp³-hybridized carbons (Fsp3) is 0.250. The number of hydrogen-bond acceptors (Lipinski definition) is 3. The lowest BCUT2D eigenvalue weighted by Gasteiger charge is -2.02. The Morgan fingerprint density at radius 2 is 2.36 bits per heavy atom. The van der Waals surface area contributed by atoms with Gasteiger partial charge in [0.2, 0.25) is 0 Å². The summed E-state index contributed by atoms with van der Waals surface area (Å²) in [6.45, 7) is 1.78. The van der Waals surface area contributed by atoms with Crippen molar-refractivity contribution in [1.82, 2.24) is 4.98 Å². The van der Waals surface area contributed by atoms with Crippen LogP contribution in [0.3, 0.4) is 0 Å². The Bertz CT molecular complexity index is 301. The number of aromatic nitrogens is 1. The van der Waals surface area contributed by atoms with Crippen LogP contribution < -0.4 is 4.74 Å². The van der Waals surface area contributed by atoms with E-state index in [1.54, 1.807) is 19.2 Å². The first-order chi connectivity index (χ1) is 5.29. The van der Waals surface area contributed by atoms with Gasteiger partial charge in [-0.1, -0.05) is 0 Å². The number of pyridine rings is 1. The molecule has 0 bridgehead atoms. The molecule has 0 N–H and O–H groups in total. The number of hydrogen-bond donors (Lipinski definition) is 0. The van der Waals surface area contributed by atoms with Crippen molar-refractivity contribution >= 4 is 0 Å². The Kier molecular flexibility index (Phi) is 2.07. The highest BCUT2D eigenvalue weighted by Crippen LogP contribution is 2.17. The second kappa shape index (κ2) is 3.02. The second-order valence-corrected chi connectivity index (χ2v) is 2.09. The van der Waals surface area contributed by atoms with E-state index in [1.165, 1.54) is 7.11 Å². The topological polar surface area (TPSA) is 45.9 Å². The number of ether oxygens (including phenoxy) is 1. The third-order valence-corrected chi connectivity index (χ3v) is 1.43. The van der Waals surface area contributed by atoms with E-state index in [1.807, 2.05) is 6.07 Å². The Balaban J connectivity index is 3.27. The normalized spacial score (nSPS) is 8.82. The zero-order chi connectivity index (χ0) is 8.27. The molecule has 3 nitrogen and oxygen atoms in total. The van der Waals surface area contributed by atoms with E-state index in [9.17, 15) is 0 Å². The van der Waals surface area contributed by atoms with E-state index in [-0.39, 0.29) is 0 Å². The summed E-state index contributed by atoms with van der Waals surface area (Å²) in [6, 6.07) is 3.70. The summed E-state index contributed by atoms with van der Waals surface area (Å²) in [6.07, 6.45) is 1.62. The molecule has 0 unspecified atom stereocenters. The summed E-state index contributed by atoms with van der Waals surface area (Å²) in [5.74, 6) is 0.583. The van der Waals surface area contributed by atoms with E-state index < -0.39 is 0 Å². The first-order valence-corrected chi connectivity index (χ1v) is 3.19. The maximum absolute atomic E-state index is 8.66. The van der Waals surface area contributed by atoms with Crippen molar-refractivity contribution in [2.24, 2.45) is 0 Å². The predicted molar refractivity (Wildman–Crippen MR) is 40.2 cm³/mol. The maximum atomic E-state index is 8.66. The molecule has 0 aromatic carbocycles. The zero-order valence-corrected chi connectivity index (χ0v) is 6.46. The molecule has 0 fully saturated rings. The van der Waals surface area contributed by atoms with Crippen molar-refractivity contribution in [2.75, 3.05) is 7.11 Å². The molecule has 1 heterocycles. The molecule has 0 amide bonds. The quantitative estimate of drug-likeness (QED) is 0.602. The first kappa shape index (κ1) is 7.55. The van der Waals surface area contributed by atoms with Crippen molar-refractivity contribution in [3.8, 4) is 11.8 Å². The summed E-state index contributed by atoms with van der Waals surface area (Å²) < 4.78 is 4.95. The molecule has 1 aromatic heterocycles. The monoisotopic (exact) mass is 148 g/mol. The van der Waals surface area contributed by atoms with Gasteiger partial charge in [-0.25, -0.2) is 0 Å². The van der Waals surface area contributed by atoms with Gasteiger partial charge >= 0.3 is 0 Å². The van der Waals surface area contributed by atoms with Crippen molar-refractivity contribution in [3.63, 3.8) is 0 Å². The summed E-state index contributed by atoms with van der Waals surface area (Å²) in [4.78, 5) is 3.96. The van der Waals surface area contributed by atoms with Crippen molar-refractivity contribution in [1.29, 1.82) is 5.26 Å². The molecule has 1 aromatic rings. The molecule has 0 radical (unpaired) electrons. The van der Waals surface area contributed by atoms with Crippen LogP contribution >= 0.6 is 0 Å². The lowest BCUT2D eigenvalue weighted by molar-refractivity contribution is 0.412. The van der Waals surface area contributed by atoms with Crippen molar-refractivity contribution in [3.05, 3.63) is 23.5 Å². The van der Waals surface area contributed by atoms with Crippen LogP contribution in [0.1, 0.15) is 11.3 Å². The summed E-state index contributed by atoms with van der Waals surface area (Å²) in [7, 11) is 1.54. The van der Waals surface area contributed by atoms with Crippen LogP contribution in [0.15, 0.2) is 12.3 Å². The first-order valence-electron chi connectivity index (χ1n) is 3.19. The highest BCUT2D eigenvalue weighted by atomic mass is 16.5. The number of nitrogens with zero attached hydrogens (tertiary/aromatic N) is 2. The van der Waals surface area contributed by atoms with Gasteiger partial charge in [-0.2, -0.15) is 5.26 Å². The lowest BCUT2D eigenvalue weighted by Crippen LogP contribution is -1.92. The van der Waals surface area contributed by atoms with Crippen LogP contribution in [-0.2, 0) is 0 Å². The van der Waals surface area contributed by atoms with Gasteiger partial charge in [-0.15, -0.1) is 0 Å². The van der Waals surface area contributed by atoms with E-state index in [0.717, 1.165) is 0 Å².